The van der Waals surface area contributed by atoms with E-state index in [9.17, 15) is 36.2 Å². The van der Waals surface area contributed by atoms with E-state index in [-0.39, 0.29) is 30.0 Å². The average molecular weight is 510 g/mol. The topological polar surface area (TPSA) is 40.5 Å². The van der Waals surface area contributed by atoms with Gasteiger partial charge < -0.3 is 10.0 Å². The summed E-state index contributed by atoms with van der Waals surface area (Å²) >= 11 is 3.35. The predicted octanol–water partition coefficient (Wildman–Crippen LogP) is 5.67. The maximum atomic E-state index is 13.2. The Morgan fingerprint density at radius 1 is 1.00 bits per heavy atom. The number of hydrogen-bond donors (Lipinski definition) is 1. The summed E-state index contributed by atoms with van der Waals surface area (Å²) in [6, 6.07) is 9.39. The Hall–Kier alpha value is -2.07. The molecule has 0 atom stereocenters. The summed E-state index contributed by atoms with van der Waals surface area (Å²) in [7, 11) is 0. The number of nitrogens with zero attached hydrogens (tertiary/aromatic N) is 1. The third kappa shape index (κ3) is 4.45. The first-order valence-electron chi connectivity index (χ1n) is 9.39. The standard InChI is InChI=1S/C21H18BrF6NO2/c22-16-7-2-1-5-13(16)12-18(30)29-10-4-3-6-14-11-15(8-9-17(14)29)19(31,20(23,24)25)21(26,27)28/h1-2,5,7-9,11,31H,3-4,6,10,12H2. The van der Waals surface area contributed by atoms with E-state index in [1.54, 1.807) is 24.3 Å². The molecular weight excluding hydrogens is 492 g/mol. The molecule has 0 aliphatic carbocycles. The van der Waals surface area contributed by atoms with Crippen LogP contribution in [0.4, 0.5) is 32.0 Å². The number of rotatable bonds is 3. The molecule has 2 aromatic rings. The van der Waals surface area contributed by atoms with Crippen molar-refractivity contribution in [1.82, 2.24) is 0 Å². The van der Waals surface area contributed by atoms with E-state index in [1.165, 1.54) is 4.90 Å². The second kappa shape index (κ2) is 8.46. The minimum Gasteiger partial charge on any atom is -0.369 e. The van der Waals surface area contributed by atoms with Crippen LogP contribution in [-0.4, -0.2) is 29.9 Å². The quantitative estimate of drug-likeness (QED) is 0.541. The van der Waals surface area contributed by atoms with Crippen LogP contribution in [0, 0.1) is 0 Å². The van der Waals surface area contributed by atoms with Gasteiger partial charge in [0.05, 0.1) is 6.42 Å². The van der Waals surface area contributed by atoms with Crippen LogP contribution in [0.25, 0.3) is 0 Å². The van der Waals surface area contributed by atoms with Crippen LogP contribution in [0.5, 0.6) is 0 Å². The number of amides is 1. The Balaban J connectivity index is 2.01. The number of fused-ring (bicyclic) bond motifs is 1. The monoisotopic (exact) mass is 509 g/mol. The molecule has 168 valence electrons. The highest BCUT2D eigenvalue weighted by Gasteiger charge is 2.71. The van der Waals surface area contributed by atoms with Gasteiger partial charge in [-0.15, -0.1) is 0 Å². The van der Waals surface area contributed by atoms with Gasteiger partial charge in [0.1, 0.15) is 0 Å². The molecule has 0 radical (unpaired) electrons. The van der Waals surface area contributed by atoms with E-state index < -0.39 is 23.5 Å². The summed E-state index contributed by atoms with van der Waals surface area (Å²) in [4.78, 5) is 14.3. The van der Waals surface area contributed by atoms with Crippen LogP contribution in [0.15, 0.2) is 46.9 Å². The van der Waals surface area contributed by atoms with Crippen molar-refractivity contribution in [1.29, 1.82) is 0 Å². The molecule has 3 rings (SSSR count). The Labute approximate surface area is 182 Å². The third-order valence-electron chi connectivity index (χ3n) is 5.29. The number of halogens is 7. The minimum absolute atomic E-state index is 0.0116. The fourth-order valence-corrected chi connectivity index (χ4v) is 4.05. The fraction of sp³-hybridized carbons (Fsp3) is 0.381. The molecule has 3 nitrogen and oxygen atoms in total. The Bertz CT molecular complexity index is 959. The number of carbonyl (C=O) groups is 1. The van der Waals surface area contributed by atoms with Gasteiger partial charge in [0, 0.05) is 22.3 Å². The molecule has 0 saturated carbocycles. The van der Waals surface area contributed by atoms with Crippen LogP contribution in [-0.2, 0) is 23.2 Å². The van der Waals surface area contributed by atoms with Gasteiger partial charge in [-0.05, 0) is 42.5 Å². The van der Waals surface area contributed by atoms with Crippen molar-refractivity contribution >= 4 is 27.5 Å². The van der Waals surface area contributed by atoms with Gasteiger partial charge in [-0.3, -0.25) is 4.79 Å². The molecule has 1 aliphatic heterocycles. The molecule has 1 amide bonds. The Kier molecular flexibility index (Phi) is 6.44. The predicted molar refractivity (Wildman–Crippen MR) is 106 cm³/mol. The van der Waals surface area contributed by atoms with Crippen molar-refractivity contribution in [2.45, 2.75) is 43.6 Å². The van der Waals surface area contributed by atoms with Crippen molar-refractivity contribution in [2.75, 3.05) is 11.4 Å². The summed E-state index contributed by atoms with van der Waals surface area (Å²) in [5, 5.41) is 9.69. The van der Waals surface area contributed by atoms with E-state index >= 15 is 0 Å². The number of aryl methyl sites for hydroxylation is 1. The second-order valence-corrected chi connectivity index (χ2v) is 8.17. The van der Waals surface area contributed by atoms with Gasteiger partial charge in [0.2, 0.25) is 5.91 Å². The van der Waals surface area contributed by atoms with E-state index in [0.29, 0.717) is 41.6 Å². The number of carbonyl (C=O) groups excluding carboxylic acids is 1. The lowest BCUT2D eigenvalue weighted by Gasteiger charge is -2.33. The maximum absolute atomic E-state index is 13.2. The maximum Gasteiger partial charge on any atom is 0.430 e. The summed E-state index contributed by atoms with van der Waals surface area (Å²) in [6.45, 7) is 0.290. The van der Waals surface area contributed by atoms with Crippen LogP contribution in [0.2, 0.25) is 0 Å². The molecule has 0 unspecified atom stereocenters. The molecule has 1 aliphatic rings. The Morgan fingerprint density at radius 2 is 1.65 bits per heavy atom. The number of aliphatic hydroxyl groups is 1. The summed E-state index contributed by atoms with van der Waals surface area (Å²) in [5.74, 6) is -0.329. The molecule has 2 aromatic carbocycles. The first kappa shape index (κ1) is 23.6. The van der Waals surface area contributed by atoms with Crippen molar-refractivity contribution in [3.8, 4) is 0 Å². The second-order valence-electron chi connectivity index (χ2n) is 7.32. The Morgan fingerprint density at radius 3 is 2.26 bits per heavy atom. The average Bonchev–Trinajstić information content (AvgIpc) is 2.89. The van der Waals surface area contributed by atoms with Gasteiger partial charge in [-0.25, -0.2) is 0 Å². The van der Waals surface area contributed by atoms with E-state index in [4.69, 9.17) is 0 Å². The summed E-state index contributed by atoms with van der Waals surface area (Å²) in [5.41, 5.74) is -5.19. The lowest BCUT2D eigenvalue weighted by molar-refractivity contribution is -0.376. The SMILES string of the molecule is O=C(Cc1ccccc1Br)N1CCCCc2cc(C(O)(C(F)(F)F)C(F)(F)F)ccc21. The highest BCUT2D eigenvalue weighted by atomic mass is 79.9. The van der Waals surface area contributed by atoms with Gasteiger partial charge in [0.25, 0.3) is 5.60 Å². The van der Waals surface area contributed by atoms with Gasteiger partial charge in [0.15, 0.2) is 0 Å². The largest absolute Gasteiger partial charge is 0.430 e. The zero-order valence-electron chi connectivity index (χ0n) is 16.0. The van der Waals surface area contributed by atoms with E-state index in [2.05, 4.69) is 15.9 Å². The van der Waals surface area contributed by atoms with Crippen LogP contribution >= 0.6 is 15.9 Å². The van der Waals surface area contributed by atoms with Gasteiger partial charge in [-0.2, -0.15) is 26.3 Å². The summed E-state index contributed by atoms with van der Waals surface area (Å²) in [6.07, 6.45) is -10.7. The van der Waals surface area contributed by atoms with Crippen molar-refractivity contribution in [3.05, 3.63) is 63.6 Å². The zero-order valence-corrected chi connectivity index (χ0v) is 17.6. The molecule has 31 heavy (non-hydrogen) atoms. The molecule has 1 heterocycles. The zero-order chi connectivity index (χ0) is 23.0. The van der Waals surface area contributed by atoms with Crippen molar-refractivity contribution < 1.29 is 36.2 Å². The van der Waals surface area contributed by atoms with Crippen molar-refractivity contribution in [3.63, 3.8) is 0 Å². The van der Waals surface area contributed by atoms with Gasteiger partial charge in [-0.1, -0.05) is 46.3 Å². The first-order valence-corrected chi connectivity index (χ1v) is 10.2. The minimum atomic E-state index is -5.96. The highest BCUT2D eigenvalue weighted by Crippen LogP contribution is 2.50. The molecule has 0 aromatic heterocycles. The number of hydrogen-bond acceptors (Lipinski definition) is 2. The number of benzene rings is 2. The van der Waals surface area contributed by atoms with Crippen LogP contribution < -0.4 is 4.90 Å². The molecular formula is C21H18BrF6NO2. The molecule has 0 spiro atoms. The normalized spacial score (nSPS) is 15.4. The van der Waals surface area contributed by atoms with E-state index in [0.717, 1.165) is 6.07 Å². The third-order valence-corrected chi connectivity index (χ3v) is 6.06. The lowest BCUT2D eigenvalue weighted by Crippen LogP contribution is -2.54. The first-order chi connectivity index (χ1) is 14.4. The van der Waals surface area contributed by atoms with Crippen molar-refractivity contribution in [2.24, 2.45) is 0 Å². The van der Waals surface area contributed by atoms with Gasteiger partial charge >= 0.3 is 12.4 Å². The summed E-state index contributed by atoms with van der Waals surface area (Å²) < 4.78 is 80.2. The highest BCUT2D eigenvalue weighted by molar-refractivity contribution is 9.10. The molecule has 1 N–H and O–H groups in total. The van der Waals surface area contributed by atoms with Crippen LogP contribution in [0.1, 0.15) is 29.5 Å². The molecule has 0 bridgehead atoms. The fourth-order valence-electron chi connectivity index (χ4n) is 3.63. The molecule has 0 saturated heterocycles. The molecule has 0 fully saturated rings. The number of alkyl halides is 6. The van der Waals surface area contributed by atoms with Crippen LogP contribution in [0.3, 0.4) is 0 Å². The smallest absolute Gasteiger partial charge is 0.369 e. The molecule has 10 heteroatoms. The van der Waals surface area contributed by atoms with E-state index in [1.807, 2.05) is 0 Å². The number of anilines is 1. The lowest BCUT2D eigenvalue weighted by atomic mass is 9.89.